The molecule has 2 amide bonds. The Labute approximate surface area is 144 Å². The number of halogens is 4. The summed E-state index contributed by atoms with van der Waals surface area (Å²) in [6.07, 6.45) is -3.65. The van der Waals surface area contributed by atoms with Gasteiger partial charge in [0.2, 0.25) is 5.91 Å². The second-order valence-electron chi connectivity index (χ2n) is 4.83. The first-order valence-corrected chi connectivity index (χ1v) is 7.28. The Balaban J connectivity index is 0.00000529. The van der Waals surface area contributed by atoms with Crippen molar-refractivity contribution in [3.05, 3.63) is 35.4 Å². The molecule has 0 heterocycles. The van der Waals surface area contributed by atoms with E-state index in [9.17, 15) is 22.8 Å². The summed E-state index contributed by atoms with van der Waals surface area (Å²) in [6, 6.07) is 4.44. The second kappa shape index (κ2) is 10.9. The molecule has 136 valence electrons. The van der Waals surface area contributed by atoms with Gasteiger partial charge in [-0.2, -0.15) is 13.2 Å². The van der Waals surface area contributed by atoms with Gasteiger partial charge in [-0.15, -0.1) is 12.4 Å². The number of amides is 2. The molecule has 5 nitrogen and oxygen atoms in total. The van der Waals surface area contributed by atoms with Crippen LogP contribution in [-0.4, -0.2) is 38.0 Å². The number of carbonyl (C=O) groups is 2. The van der Waals surface area contributed by atoms with Gasteiger partial charge in [0.25, 0.3) is 5.91 Å². The topological polar surface area (TPSA) is 70.2 Å². The molecule has 1 aromatic carbocycles. The van der Waals surface area contributed by atoms with E-state index in [2.05, 4.69) is 16.0 Å². The van der Waals surface area contributed by atoms with Gasteiger partial charge in [0, 0.05) is 13.1 Å². The maximum Gasteiger partial charge on any atom is 0.417 e. The van der Waals surface area contributed by atoms with Gasteiger partial charge in [0.15, 0.2) is 0 Å². The minimum Gasteiger partial charge on any atom is -0.353 e. The lowest BCUT2D eigenvalue weighted by Gasteiger charge is -2.12. The van der Waals surface area contributed by atoms with Crippen LogP contribution in [-0.2, 0) is 11.0 Å². The lowest BCUT2D eigenvalue weighted by atomic mass is 10.1. The van der Waals surface area contributed by atoms with E-state index in [1.54, 1.807) is 0 Å². The molecule has 0 aromatic heterocycles. The van der Waals surface area contributed by atoms with E-state index in [-0.39, 0.29) is 19.0 Å². The molecule has 9 heteroatoms. The molecular weight excluding hydrogens is 347 g/mol. The maximum atomic E-state index is 12.8. The minimum atomic E-state index is -4.62. The molecule has 0 spiro atoms. The van der Waals surface area contributed by atoms with Crippen molar-refractivity contribution in [3.8, 4) is 0 Å². The molecule has 1 aromatic rings. The standard InChI is InChI=1S/C15H20F3N3O2.ClH/c1-2-7-19-8-9-20-13(22)10-21-14(23)11-5-3-4-6-12(11)15(16,17)18;/h3-6,19H,2,7-10H2,1H3,(H,20,22)(H,21,23);1H. The molecule has 0 aliphatic heterocycles. The van der Waals surface area contributed by atoms with Crippen molar-refractivity contribution in [2.45, 2.75) is 19.5 Å². The van der Waals surface area contributed by atoms with E-state index in [4.69, 9.17) is 0 Å². The van der Waals surface area contributed by atoms with Crippen LogP contribution in [0.4, 0.5) is 13.2 Å². The van der Waals surface area contributed by atoms with Crippen LogP contribution in [0.5, 0.6) is 0 Å². The largest absolute Gasteiger partial charge is 0.417 e. The Bertz CT molecular complexity index is 539. The highest BCUT2D eigenvalue weighted by atomic mass is 35.5. The number of carbonyl (C=O) groups excluding carboxylic acids is 2. The lowest BCUT2D eigenvalue weighted by Crippen LogP contribution is -2.40. The van der Waals surface area contributed by atoms with Crippen molar-refractivity contribution in [3.63, 3.8) is 0 Å². The van der Waals surface area contributed by atoms with E-state index >= 15 is 0 Å². The molecule has 0 atom stereocenters. The summed E-state index contributed by atoms with van der Waals surface area (Å²) in [5, 5.41) is 7.82. The van der Waals surface area contributed by atoms with Crippen molar-refractivity contribution in [2.75, 3.05) is 26.2 Å². The molecule has 0 aliphatic rings. The average molecular weight is 368 g/mol. The van der Waals surface area contributed by atoms with Gasteiger partial charge in [-0.25, -0.2) is 0 Å². The second-order valence-corrected chi connectivity index (χ2v) is 4.83. The average Bonchev–Trinajstić information content (AvgIpc) is 2.51. The maximum absolute atomic E-state index is 12.8. The van der Waals surface area contributed by atoms with Crippen LogP contribution in [0.15, 0.2) is 24.3 Å². The van der Waals surface area contributed by atoms with Crippen molar-refractivity contribution in [1.29, 1.82) is 0 Å². The summed E-state index contributed by atoms with van der Waals surface area (Å²) in [5.41, 5.74) is -1.53. The van der Waals surface area contributed by atoms with Crippen molar-refractivity contribution in [2.24, 2.45) is 0 Å². The summed E-state index contributed by atoms with van der Waals surface area (Å²) >= 11 is 0. The highest BCUT2D eigenvalue weighted by Crippen LogP contribution is 2.31. The van der Waals surface area contributed by atoms with Crippen LogP contribution in [0.3, 0.4) is 0 Å². The summed E-state index contributed by atoms with van der Waals surface area (Å²) in [4.78, 5) is 23.3. The van der Waals surface area contributed by atoms with E-state index in [1.807, 2.05) is 6.92 Å². The number of hydrogen-bond donors (Lipinski definition) is 3. The highest BCUT2D eigenvalue weighted by molar-refractivity contribution is 5.97. The smallest absolute Gasteiger partial charge is 0.353 e. The molecule has 0 radical (unpaired) electrons. The normalized spacial score (nSPS) is 10.7. The van der Waals surface area contributed by atoms with Crippen LogP contribution in [0.2, 0.25) is 0 Å². The number of benzene rings is 1. The summed E-state index contributed by atoms with van der Waals surface area (Å²) in [6.45, 7) is 3.44. The Morgan fingerprint density at radius 2 is 1.71 bits per heavy atom. The molecule has 1 rings (SSSR count). The number of nitrogens with one attached hydrogen (secondary N) is 3. The first-order valence-electron chi connectivity index (χ1n) is 7.28. The SMILES string of the molecule is CCCNCCNC(=O)CNC(=O)c1ccccc1C(F)(F)F.Cl. The Morgan fingerprint density at radius 3 is 2.33 bits per heavy atom. The molecule has 0 bridgehead atoms. The van der Waals surface area contributed by atoms with Crippen molar-refractivity contribution < 1.29 is 22.8 Å². The first-order chi connectivity index (χ1) is 10.9. The molecule has 0 unspecified atom stereocenters. The molecular formula is C15H21ClF3N3O2. The van der Waals surface area contributed by atoms with E-state index in [0.29, 0.717) is 13.1 Å². The van der Waals surface area contributed by atoms with E-state index in [1.165, 1.54) is 12.1 Å². The van der Waals surface area contributed by atoms with Gasteiger partial charge in [-0.05, 0) is 25.1 Å². The van der Waals surface area contributed by atoms with E-state index in [0.717, 1.165) is 25.1 Å². The van der Waals surface area contributed by atoms with Crippen LogP contribution < -0.4 is 16.0 Å². The third-order valence-corrected chi connectivity index (χ3v) is 2.94. The zero-order valence-corrected chi connectivity index (χ0v) is 14.0. The summed E-state index contributed by atoms with van der Waals surface area (Å²) in [7, 11) is 0. The van der Waals surface area contributed by atoms with Crippen LogP contribution in [0, 0.1) is 0 Å². The van der Waals surface area contributed by atoms with Crippen LogP contribution in [0.25, 0.3) is 0 Å². The minimum absolute atomic E-state index is 0. The molecule has 0 saturated heterocycles. The number of hydrogen-bond acceptors (Lipinski definition) is 3. The van der Waals surface area contributed by atoms with Gasteiger partial charge in [-0.3, -0.25) is 9.59 Å². The predicted molar refractivity (Wildman–Crippen MR) is 87.2 cm³/mol. The van der Waals surface area contributed by atoms with Gasteiger partial charge >= 0.3 is 6.18 Å². The van der Waals surface area contributed by atoms with E-state index < -0.39 is 29.1 Å². The quantitative estimate of drug-likeness (QED) is 0.615. The third kappa shape index (κ3) is 7.65. The zero-order valence-electron chi connectivity index (χ0n) is 13.2. The van der Waals surface area contributed by atoms with Crippen LogP contribution in [0.1, 0.15) is 29.3 Å². The summed E-state index contributed by atoms with van der Waals surface area (Å²) < 4.78 is 38.4. The van der Waals surface area contributed by atoms with Gasteiger partial charge < -0.3 is 16.0 Å². The molecule has 0 saturated carbocycles. The fourth-order valence-electron chi connectivity index (χ4n) is 1.84. The number of rotatable bonds is 8. The monoisotopic (exact) mass is 367 g/mol. The van der Waals surface area contributed by atoms with Crippen molar-refractivity contribution >= 4 is 24.2 Å². The zero-order chi connectivity index (χ0) is 17.3. The predicted octanol–water partition coefficient (Wildman–Crippen LogP) is 1.97. The van der Waals surface area contributed by atoms with Gasteiger partial charge in [0.05, 0.1) is 17.7 Å². The van der Waals surface area contributed by atoms with Gasteiger partial charge in [-0.1, -0.05) is 19.1 Å². The first kappa shape index (κ1) is 22.2. The molecule has 3 N–H and O–H groups in total. The Hall–Kier alpha value is -1.80. The lowest BCUT2D eigenvalue weighted by molar-refractivity contribution is -0.137. The fraction of sp³-hybridized carbons (Fsp3) is 0.467. The van der Waals surface area contributed by atoms with Crippen LogP contribution >= 0.6 is 12.4 Å². The molecule has 0 fully saturated rings. The Morgan fingerprint density at radius 1 is 1.04 bits per heavy atom. The van der Waals surface area contributed by atoms with Gasteiger partial charge in [0.1, 0.15) is 0 Å². The molecule has 0 aliphatic carbocycles. The molecule has 24 heavy (non-hydrogen) atoms. The van der Waals surface area contributed by atoms with Crippen molar-refractivity contribution in [1.82, 2.24) is 16.0 Å². The highest BCUT2D eigenvalue weighted by Gasteiger charge is 2.34. The third-order valence-electron chi connectivity index (χ3n) is 2.94. The Kier molecular flexibility index (Phi) is 10.1. The number of alkyl halides is 3. The summed E-state index contributed by atoms with van der Waals surface area (Å²) in [5.74, 6) is -1.39. The fourth-order valence-corrected chi connectivity index (χ4v) is 1.84.